The van der Waals surface area contributed by atoms with Gasteiger partial charge in [0.25, 0.3) is 0 Å². The van der Waals surface area contributed by atoms with Crippen LogP contribution in [-0.2, 0) is 0 Å². The molecule has 0 saturated heterocycles. The molecule has 2 N–H and O–H groups in total. The molecular formula is C12H27NO. The van der Waals surface area contributed by atoms with Crippen molar-refractivity contribution in [3.05, 3.63) is 0 Å². The van der Waals surface area contributed by atoms with Crippen LogP contribution in [0.4, 0.5) is 0 Å². The maximum atomic E-state index is 9.49. The molecule has 0 amide bonds. The van der Waals surface area contributed by atoms with Crippen molar-refractivity contribution in [3.63, 3.8) is 0 Å². The summed E-state index contributed by atoms with van der Waals surface area (Å²) in [4.78, 5) is 0. The number of rotatable bonds is 8. The summed E-state index contributed by atoms with van der Waals surface area (Å²) in [6, 6.07) is 0. The Kier molecular flexibility index (Phi) is 7.20. The standard InChI is InChI=1S/C12H27NO/c1-5-7-12(10-14,8-6-2)13-9-11(3)4/h11,13-14H,5-10H2,1-4H3. The normalized spacial score (nSPS) is 12.4. The van der Waals surface area contributed by atoms with Crippen LogP contribution in [0.1, 0.15) is 53.4 Å². The van der Waals surface area contributed by atoms with Crippen molar-refractivity contribution in [2.45, 2.75) is 58.9 Å². The van der Waals surface area contributed by atoms with E-state index in [1.807, 2.05) is 0 Å². The van der Waals surface area contributed by atoms with Gasteiger partial charge in [-0.05, 0) is 25.3 Å². The highest BCUT2D eigenvalue weighted by Gasteiger charge is 2.26. The summed E-state index contributed by atoms with van der Waals surface area (Å²) < 4.78 is 0. The second kappa shape index (κ2) is 7.24. The molecule has 2 nitrogen and oxygen atoms in total. The van der Waals surface area contributed by atoms with Crippen molar-refractivity contribution in [1.82, 2.24) is 5.32 Å². The maximum absolute atomic E-state index is 9.49. The molecule has 0 bridgehead atoms. The summed E-state index contributed by atoms with van der Waals surface area (Å²) >= 11 is 0. The molecule has 86 valence electrons. The van der Waals surface area contributed by atoms with E-state index >= 15 is 0 Å². The fraction of sp³-hybridized carbons (Fsp3) is 1.00. The molecule has 0 spiro atoms. The molecule has 0 rings (SSSR count). The zero-order chi connectivity index (χ0) is 11.0. The SMILES string of the molecule is CCCC(CO)(CCC)NCC(C)C. The Hall–Kier alpha value is -0.0800. The molecular weight excluding hydrogens is 174 g/mol. The molecule has 0 aliphatic heterocycles. The Balaban J connectivity index is 4.17. The Morgan fingerprint density at radius 3 is 1.93 bits per heavy atom. The molecule has 0 aliphatic carbocycles. The van der Waals surface area contributed by atoms with Crippen LogP contribution in [0.3, 0.4) is 0 Å². The van der Waals surface area contributed by atoms with E-state index in [2.05, 4.69) is 33.0 Å². The van der Waals surface area contributed by atoms with Crippen LogP contribution in [0.15, 0.2) is 0 Å². The first-order valence-corrected chi connectivity index (χ1v) is 5.96. The van der Waals surface area contributed by atoms with Gasteiger partial charge in [-0.15, -0.1) is 0 Å². The minimum atomic E-state index is -0.0201. The Bertz CT molecular complexity index is 128. The van der Waals surface area contributed by atoms with Gasteiger partial charge in [-0.3, -0.25) is 0 Å². The monoisotopic (exact) mass is 201 g/mol. The predicted octanol–water partition coefficient (Wildman–Crippen LogP) is 2.56. The fourth-order valence-corrected chi connectivity index (χ4v) is 1.89. The van der Waals surface area contributed by atoms with Gasteiger partial charge in [0.15, 0.2) is 0 Å². The second-order valence-corrected chi connectivity index (χ2v) is 4.71. The largest absolute Gasteiger partial charge is 0.394 e. The topological polar surface area (TPSA) is 32.3 Å². The highest BCUT2D eigenvalue weighted by molar-refractivity contribution is 4.86. The summed E-state index contributed by atoms with van der Waals surface area (Å²) in [5, 5.41) is 13.0. The number of nitrogens with one attached hydrogen (secondary N) is 1. The lowest BCUT2D eigenvalue weighted by molar-refractivity contribution is 0.136. The van der Waals surface area contributed by atoms with Crippen LogP contribution in [0.5, 0.6) is 0 Å². The molecule has 0 saturated carbocycles. The van der Waals surface area contributed by atoms with Crippen molar-refractivity contribution < 1.29 is 5.11 Å². The summed E-state index contributed by atoms with van der Waals surface area (Å²) in [5.74, 6) is 0.648. The van der Waals surface area contributed by atoms with Gasteiger partial charge < -0.3 is 10.4 Å². The van der Waals surface area contributed by atoms with Gasteiger partial charge in [-0.2, -0.15) is 0 Å². The fourth-order valence-electron chi connectivity index (χ4n) is 1.89. The minimum Gasteiger partial charge on any atom is -0.394 e. The van der Waals surface area contributed by atoms with Crippen LogP contribution < -0.4 is 5.32 Å². The van der Waals surface area contributed by atoms with E-state index in [4.69, 9.17) is 0 Å². The summed E-state index contributed by atoms with van der Waals surface area (Å²) in [7, 11) is 0. The quantitative estimate of drug-likeness (QED) is 0.632. The van der Waals surface area contributed by atoms with E-state index in [-0.39, 0.29) is 12.1 Å². The molecule has 0 aromatic carbocycles. The van der Waals surface area contributed by atoms with Gasteiger partial charge in [-0.25, -0.2) is 0 Å². The zero-order valence-corrected chi connectivity index (χ0v) is 10.3. The molecule has 0 aromatic heterocycles. The molecule has 0 aromatic rings. The predicted molar refractivity (Wildman–Crippen MR) is 62.5 cm³/mol. The third kappa shape index (κ3) is 4.97. The molecule has 0 radical (unpaired) electrons. The van der Waals surface area contributed by atoms with Crippen molar-refractivity contribution in [2.24, 2.45) is 5.92 Å². The highest BCUT2D eigenvalue weighted by atomic mass is 16.3. The van der Waals surface area contributed by atoms with Gasteiger partial charge in [0.2, 0.25) is 0 Å². The van der Waals surface area contributed by atoms with Crippen LogP contribution >= 0.6 is 0 Å². The molecule has 0 fully saturated rings. The molecule has 14 heavy (non-hydrogen) atoms. The average molecular weight is 201 g/mol. The second-order valence-electron chi connectivity index (χ2n) is 4.71. The van der Waals surface area contributed by atoms with E-state index in [0.717, 1.165) is 32.2 Å². The van der Waals surface area contributed by atoms with Crippen molar-refractivity contribution in [2.75, 3.05) is 13.2 Å². The molecule has 0 aliphatic rings. The number of hydrogen-bond acceptors (Lipinski definition) is 2. The smallest absolute Gasteiger partial charge is 0.0613 e. The number of aliphatic hydroxyl groups is 1. The molecule has 0 unspecified atom stereocenters. The summed E-state index contributed by atoms with van der Waals surface area (Å²) in [6.45, 7) is 10.0. The minimum absolute atomic E-state index is 0.0201. The van der Waals surface area contributed by atoms with Gasteiger partial charge in [0.1, 0.15) is 0 Å². The van der Waals surface area contributed by atoms with E-state index in [1.54, 1.807) is 0 Å². The first-order chi connectivity index (χ1) is 6.60. The first kappa shape index (κ1) is 13.9. The van der Waals surface area contributed by atoms with Crippen molar-refractivity contribution in [1.29, 1.82) is 0 Å². The van der Waals surface area contributed by atoms with Crippen LogP contribution in [-0.4, -0.2) is 23.8 Å². The third-order valence-corrected chi connectivity index (χ3v) is 2.65. The lowest BCUT2D eigenvalue weighted by Crippen LogP contribution is -2.49. The molecule has 0 atom stereocenters. The summed E-state index contributed by atoms with van der Waals surface area (Å²) in [6.07, 6.45) is 4.41. The van der Waals surface area contributed by atoms with E-state index in [0.29, 0.717) is 5.92 Å². The summed E-state index contributed by atoms with van der Waals surface area (Å²) in [5.41, 5.74) is -0.0201. The first-order valence-electron chi connectivity index (χ1n) is 5.96. The zero-order valence-electron chi connectivity index (χ0n) is 10.3. The molecule has 2 heteroatoms. The maximum Gasteiger partial charge on any atom is 0.0613 e. The van der Waals surface area contributed by atoms with Crippen molar-refractivity contribution >= 4 is 0 Å². The van der Waals surface area contributed by atoms with Crippen LogP contribution in [0, 0.1) is 5.92 Å². The number of hydrogen-bond donors (Lipinski definition) is 2. The Labute approximate surface area is 89.1 Å². The van der Waals surface area contributed by atoms with E-state index < -0.39 is 0 Å². The lowest BCUT2D eigenvalue weighted by atomic mass is 9.89. The Morgan fingerprint density at radius 1 is 1.14 bits per heavy atom. The van der Waals surface area contributed by atoms with E-state index in [1.165, 1.54) is 0 Å². The van der Waals surface area contributed by atoms with Crippen molar-refractivity contribution in [3.8, 4) is 0 Å². The lowest BCUT2D eigenvalue weighted by Gasteiger charge is -2.33. The van der Waals surface area contributed by atoms with Gasteiger partial charge >= 0.3 is 0 Å². The van der Waals surface area contributed by atoms with Gasteiger partial charge in [0.05, 0.1) is 6.61 Å². The van der Waals surface area contributed by atoms with Crippen LogP contribution in [0.2, 0.25) is 0 Å². The highest BCUT2D eigenvalue weighted by Crippen LogP contribution is 2.19. The van der Waals surface area contributed by atoms with Gasteiger partial charge in [0, 0.05) is 5.54 Å². The average Bonchev–Trinajstić information content (AvgIpc) is 2.15. The van der Waals surface area contributed by atoms with Crippen LogP contribution in [0.25, 0.3) is 0 Å². The number of aliphatic hydroxyl groups excluding tert-OH is 1. The van der Waals surface area contributed by atoms with Gasteiger partial charge in [-0.1, -0.05) is 40.5 Å². The third-order valence-electron chi connectivity index (χ3n) is 2.65. The molecule has 0 heterocycles. The Morgan fingerprint density at radius 2 is 1.64 bits per heavy atom. The van der Waals surface area contributed by atoms with E-state index in [9.17, 15) is 5.11 Å².